The molecule has 2 N–H and O–H groups in total. The molecule has 0 fully saturated rings. The summed E-state index contributed by atoms with van der Waals surface area (Å²) in [5, 5.41) is 11.9. The van der Waals surface area contributed by atoms with Crippen LogP contribution in [0, 0.1) is 11.3 Å². The van der Waals surface area contributed by atoms with Gasteiger partial charge in [-0.1, -0.05) is 39.0 Å². The van der Waals surface area contributed by atoms with Crippen molar-refractivity contribution in [2.75, 3.05) is 0 Å². The van der Waals surface area contributed by atoms with Crippen LogP contribution in [0.4, 0.5) is 0 Å². The van der Waals surface area contributed by atoms with Gasteiger partial charge in [0.2, 0.25) is 0 Å². The quantitative estimate of drug-likeness (QED) is 0.626. The number of nitrogens with one attached hydrogen (secondary N) is 1. The van der Waals surface area contributed by atoms with Gasteiger partial charge in [-0.25, -0.2) is 0 Å². The van der Waals surface area contributed by atoms with Crippen LogP contribution in [0.3, 0.4) is 0 Å². The lowest BCUT2D eigenvalue weighted by Crippen LogP contribution is -2.57. The number of aromatic nitrogens is 1. The SMILES string of the molecule is CC(=O)OC1(O)C(=O)c2[nH]c3ccccc3c2CC1C(C)(C)C. The van der Waals surface area contributed by atoms with E-state index in [0.29, 0.717) is 12.1 Å². The molecular weight excluding hydrogens is 294 g/mol. The zero-order valence-corrected chi connectivity index (χ0v) is 13.8. The van der Waals surface area contributed by atoms with E-state index in [9.17, 15) is 14.7 Å². The van der Waals surface area contributed by atoms with Gasteiger partial charge in [0.15, 0.2) is 0 Å². The highest BCUT2D eigenvalue weighted by Crippen LogP contribution is 2.45. The lowest BCUT2D eigenvalue weighted by molar-refractivity contribution is -0.218. The number of ether oxygens (including phenoxy) is 1. The third-order valence-electron chi connectivity index (χ3n) is 4.59. The number of benzene rings is 1. The van der Waals surface area contributed by atoms with Crippen LogP contribution >= 0.6 is 0 Å². The van der Waals surface area contributed by atoms with Crippen LogP contribution in [0.1, 0.15) is 43.7 Å². The van der Waals surface area contributed by atoms with Crippen molar-refractivity contribution in [1.82, 2.24) is 4.98 Å². The van der Waals surface area contributed by atoms with Crippen molar-refractivity contribution in [2.45, 2.75) is 39.9 Å². The van der Waals surface area contributed by atoms with Crippen LogP contribution in [0.25, 0.3) is 10.9 Å². The highest BCUT2D eigenvalue weighted by molar-refractivity contribution is 6.08. The number of aliphatic hydroxyl groups is 1. The first-order chi connectivity index (χ1) is 10.6. The van der Waals surface area contributed by atoms with Crippen LogP contribution < -0.4 is 0 Å². The summed E-state index contributed by atoms with van der Waals surface area (Å²) in [6.45, 7) is 6.99. The molecule has 0 saturated heterocycles. The second-order valence-electron chi connectivity index (χ2n) is 7.27. The van der Waals surface area contributed by atoms with Gasteiger partial charge in [-0.3, -0.25) is 9.59 Å². The smallest absolute Gasteiger partial charge is 0.305 e. The predicted molar refractivity (Wildman–Crippen MR) is 86.0 cm³/mol. The summed E-state index contributed by atoms with van der Waals surface area (Å²) in [5.41, 5.74) is 1.62. The van der Waals surface area contributed by atoms with E-state index in [0.717, 1.165) is 16.5 Å². The number of carbonyl (C=O) groups excluding carboxylic acids is 2. The number of rotatable bonds is 1. The molecule has 1 heterocycles. The fourth-order valence-electron chi connectivity index (χ4n) is 3.52. The first-order valence-corrected chi connectivity index (χ1v) is 7.71. The Morgan fingerprint density at radius 3 is 2.61 bits per heavy atom. The average Bonchev–Trinajstić information content (AvgIpc) is 2.79. The minimum absolute atomic E-state index is 0.329. The highest BCUT2D eigenvalue weighted by Gasteiger charge is 2.56. The average molecular weight is 315 g/mol. The summed E-state index contributed by atoms with van der Waals surface area (Å²) in [6, 6.07) is 7.64. The topological polar surface area (TPSA) is 79.4 Å². The molecule has 3 rings (SSSR count). The van der Waals surface area contributed by atoms with Gasteiger partial charge in [0.25, 0.3) is 11.6 Å². The van der Waals surface area contributed by atoms with E-state index in [1.54, 1.807) is 0 Å². The Labute approximate surface area is 134 Å². The van der Waals surface area contributed by atoms with Crippen molar-refractivity contribution in [3.8, 4) is 0 Å². The molecule has 1 aliphatic carbocycles. The predicted octanol–water partition coefficient (Wildman–Crippen LogP) is 2.82. The summed E-state index contributed by atoms with van der Waals surface area (Å²) >= 11 is 0. The molecule has 1 aromatic carbocycles. The van der Waals surface area contributed by atoms with Crippen molar-refractivity contribution in [3.05, 3.63) is 35.5 Å². The molecule has 1 aliphatic rings. The molecular formula is C18H21NO4. The Hall–Kier alpha value is -2.14. The number of esters is 1. The second-order valence-corrected chi connectivity index (χ2v) is 7.27. The third-order valence-corrected chi connectivity index (χ3v) is 4.59. The number of aromatic amines is 1. The van der Waals surface area contributed by atoms with E-state index < -0.39 is 28.9 Å². The molecule has 0 bridgehead atoms. The molecule has 5 nitrogen and oxygen atoms in total. The summed E-state index contributed by atoms with van der Waals surface area (Å²) in [7, 11) is 0. The fourth-order valence-corrected chi connectivity index (χ4v) is 3.52. The zero-order chi connectivity index (χ0) is 17.0. The Bertz CT molecular complexity index is 799. The molecule has 2 aromatic rings. The second kappa shape index (κ2) is 4.93. The maximum Gasteiger partial charge on any atom is 0.305 e. The first kappa shape index (κ1) is 15.7. The van der Waals surface area contributed by atoms with Gasteiger partial charge in [-0.2, -0.15) is 0 Å². The van der Waals surface area contributed by atoms with Gasteiger partial charge in [-0.15, -0.1) is 0 Å². The van der Waals surface area contributed by atoms with E-state index in [1.165, 1.54) is 6.92 Å². The molecule has 0 radical (unpaired) electrons. The minimum Gasteiger partial charge on any atom is -0.425 e. The number of fused-ring (bicyclic) bond motifs is 3. The van der Waals surface area contributed by atoms with E-state index in [1.807, 2.05) is 45.0 Å². The van der Waals surface area contributed by atoms with Gasteiger partial charge >= 0.3 is 5.97 Å². The Balaban J connectivity index is 2.23. The molecule has 0 aliphatic heterocycles. The standard InChI is InChI=1S/C18H21NO4/c1-10(20)23-18(22)14(17(2,3)4)9-12-11-7-5-6-8-13(11)19-15(12)16(18)21/h5-8,14,19,22H,9H2,1-4H3. The highest BCUT2D eigenvalue weighted by atomic mass is 16.7. The summed E-state index contributed by atoms with van der Waals surface area (Å²) in [6.07, 6.45) is 0.457. The van der Waals surface area contributed by atoms with Crippen LogP contribution in [0.15, 0.2) is 24.3 Å². The van der Waals surface area contributed by atoms with Gasteiger partial charge in [0.1, 0.15) is 0 Å². The maximum atomic E-state index is 12.9. The maximum absolute atomic E-state index is 12.9. The lowest BCUT2D eigenvalue weighted by atomic mass is 9.67. The van der Waals surface area contributed by atoms with Gasteiger partial charge in [0, 0.05) is 23.7 Å². The number of para-hydroxylation sites is 1. The van der Waals surface area contributed by atoms with E-state index in [2.05, 4.69) is 4.98 Å². The van der Waals surface area contributed by atoms with Crippen LogP contribution in [0.2, 0.25) is 0 Å². The Kier molecular flexibility index (Phi) is 3.37. The van der Waals surface area contributed by atoms with E-state index >= 15 is 0 Å². The van der Waals surface area contributed by atoms with Gasteiger partial charge in [-0.05, 0) is 23.5 Å². The lowest BCUT2D eigenvalue weighted by Gasteiger charge is -2.43. The third kappa shape index (κ3) is 2.36. The molecule has 0 amide bonds. The Morgan fingerprint density at radius 2 is 2.00 bits per heavy atom. The summed E-state index contributed by atoms with van der Waals surface area (Å²) < 4.78 is 5.13. The van der Waals surface area contributed by atoms with Crippen LogP contribution in [-0.2, 0) is 16.0 Å². The fraction of sp³-hybridized carbons (Fsp3) is 0.444. The number of ketones is 1. The van der Waals surface area contributed by atoms with Crippen molar-refractivity contribution in [1.29, 1.82) is 0 Å². The van der Waals surface area contributed by atoms with Gasteiger partial charge < -0.3 is 14.8 Å². The van der Waals surface area contributed by atoms with Crippen molar-refractivity contribution in [2.24, 2.45) is 11.3 Å². The van der Waals surface area contributed by atoms with Crippen LogP contribution in [0.5, 0.6) is 0 Å². The number of Topliss-reactive ketones (excluding diaryl/α,β-unsaturated/α-hetero) is 1. The molecule has 0 saturated carbocycles. The van der Waals surface area contributed by atoms with E-state index in [4.69, 9.17) is 4.74 Å². The number of hydrogen-bond donors (Lipinski definition) is 2. The molecule has 23 heavy (non-hydrogen) atoms. The molecule has 2 atom stereocenters. The minimum atomic E-state index is -2.14. The van der Waals surface area contributed by atoms with Gasteiger partial charge in [0.05, 0.1) is 5.69 Å². The normalized spacial score (nSPS) is 24.6. The summed E-state index contributed by atoms with van der Waals surface area (Å²) in [5.74, 6) is -3.92. The first-order valence-electron chi connectivity index (χ1n) is 7.71. The van der Waals surface area contributed by atoms with Crippen molar-refractivity contribution >= 4 is 22.7 Å². The van der Waals surface area contributed by atoms with Crippen molar-refractivity contribution in [3.63, 3.8) is 0 Å². The zero-order valence-electron chi connectivity index (χ0n) is 13.8. The molecule has 122 valence electrons. The summed E-state index contributed by atoms with van der Waals surface area (Å²) in [4.78, 5) is 27.5. The van der Waals surface area contributed by atoms with Crippen molar-refractivity contribution < 1.29 is 19.4 Å². The Morgan fingerprint density at radius 1 is 1.35 bits per heavy atom. The molecule has 1 aromatic heterocycles. The molecule has 5 heteroatoms. The van der Waals surface area contributed by atoms with Crippen LogP contribution in [-0.4, -0.2) is 27.6 Å². The van der Waals surface area contributed by atoms with E-state index in [-0.39, 0.29) is 0 Å². The number of H-pyrrole nitrogens is 1. The number of hydrogen-bond acceptors (Lipinski definition) is 4. The monoisotopic (exact) mass is 315 g/mol. The molecule has 2 unspecified atom stereocenters. The largest absolute Gasteiger partial charge is 0.425 e. The molecule has 0 spiro atoms. The number of carbonyl (C=O) groups is 2.